The fourth-order valence-electron chi connectivity index (χ4n) is 1.70. The van der Waals surface area contributed by atoms with E-state index < -0.39 is 40.6 Å². The van der Waals surface area contributed by atoms with Gasteiger partial charge in [-0.25, -0.2) is 0 Å². The summed E-state index contributed by atoms with van der Waals surface area (Å²) in [5, 5.41) is 13.3. The minimum atomic E-state index is -5.00. The lowest BCUT2D eigenvalue weighted by Crippen LogP contribution is -2.28. The Kier molecular flexibility index (Phi) is 7.02. The Morgan fingerprint density at radius 1 is 1.15 bits per heavy atom. The van der Waals surface area contributed by atoms with Crippen LogP contribution in [0, 0.1) is 11.3 Å². The zero-order chi connectivity index (χ0) is 20.0. The second-order valence-electron chi connectivity index (χ2n) is 4.86. The van der Waals surface area contributed by atoms with Gasteiger partial charge in [0.15, 0.2) is 0 Å². The van der Waals surface area contributed by atoms with Crippen molar-refractivity contribution in [1.29, 1.82) is 5.26 Å². The van der Waals surface area contributed by atoms with Gasteiger partial charge < -0.3 is 15.4 Å². The summed E-state index contributed by atoms with van der Waals surface area (Å²) in [7, 11) is 1.38. The van der Waals surface area contributed by atoms with Crippen LogP contribution in [0.5, 0.6) is 0 Å². The maximum Gasteiger partial charge on any atom is 0.416 e. The van der Waals surface area contributed by atoms with Crippen molar-refractivity contribution in [1.82, 2.24) is 5.32 Å². The number of hydrogen-bond donors (Lipinski definition) is 2. The van der Waals surface area contributed by atoms with E-state index in [1.807, 2.05) is 0 Å². The minimum absolute atomic E-state index is 0.0302. The Morgan fingerprint density at radius 2 is 1.69 bits per heavy atom. The molecule has 1 rings (SSSR count). The highest BCUT2D eigenvalue weighted by Crippen LogP contribution is 2.37. The van der Waals surface area contributed by atoms with Gasteiger partial charge in [0.25, 0.3) is 5.91 Å². The molecule has 1 amide bonds. The molecule has 1 aromatic rings. The number of carbonyl (C=O) groups is 1. The first kappa shape index (κ1) is 21.3. The van der Waals surface area contributed by atoms with Crippen molar-refractivity contribution in [3.63, 3.8) is 0 Å². The second-order valence-corrected chi connectivity index (χ2v) is 4.86. The van der Waals surface area contributed by atoms with Gasteiger partial charge in [0, 0.05) is 25.5 Å². The van der Waals surface area contributed by atoms with Gasteiger partial charge >= 0.3 is 12.4 Å². The number of nitrogens with one attached hydrogen (secondary N) is 2. The molecule has 0 aliphatic rings. The van der Waals surface area contributed by atoms with Crippen LogP contribution in [0.1, 0.15) is 11.1 Å². The zero-order valence-electron chi connectivity index (χ0n) is 13.3. The monoisotopic (exact) mass is 381 g/mol. The topological polar surface area (TPSA) is 74.1 Å². The molecule has 0 heterocycles. The first-order chi connectivity index (χ1) is 12.0. The molecule has 0 fully saturated rings. The van der Waals surface area contributed by atoms with Gasteiger partial charge in [0.05, 0.1) is 17.7 Å². The van der Waals surface area contributed by atoms with Gasteiger partial charge in [-0.3, -0.25) is 4.79 Å². The summed E-state index contributed by atoms with van der Waals surface area (Å²) in [5.74, 6) is -0.861. The number of rotatable bonds is 6. The maximum absolute atomic E-state index is 12.8. The van der Waals surface area contributed by atoms with Crippen molar-refractivity contribution in [2.45, 2.75) is 12.4 Å². The number of ether oxygens (including phenoxy) is 1. The summed E-state index contributed by atoms with van der Waals surface area (Å²) in [6, 6.07) is 2.33. The smallest absolute Gasteiger partial charge is 0.383 e. The molecule has 0 spiro atoms. The predicted octanol–water partition coefficient (Wildman–Crippen LogP) is 3.31. The third-order valence-corrected chi connectivity index (χ3v) is 2.93. The highest BCUT2D eigenvalue weighted by Gasteiger charge is 2.36. The van der Waals surface area contributed by atoms with Crippen LogP contribution in [0.25, 0.3) is 0 Å². The van der Waals surface area contributed by atoms with E-state index in [1.165, 1.54) is 13.2 Å². The molecule has 0 aromatic heterocycles. The highest BCUT2D eigenvalue weighted by atomic mass is 19.4. The number of alkyl halides is 6. The Hall–Kier alpha value is -2.74. The van der Waals surface area contributed by atoms with E-state index in [-0.39, 0.29) is 19.2 Å². The number of methoxy groups -OCH3 is 1. The number of anilines is 1. The van der Waals surface area contributed by atoms with Crippen LogP contribution in [0.3, 0.4) is 0 Å². The second kappa shape index (κ2) is 8.57. The molecule has 0 bridgehead atoms. The van der Waals surface area contributed by atoms with Gasteiger partial charge in [-0.1, -0.05) is 0 Å². The van der Waals surface area contributed by atoms with E-state index in [2.05, 4.69) is 15.4 Å². The lowest BCUT2D eigenvalue weighted by molar-refractivity contribution is -0.143. The first-order valence-electron chi connectivity index (χ1n) is 6.92. The summed E-state index contributed by atoms with van der Waals surface area (Å²) in [5.41, 5.74) is -4.16. The van der Waals surface area contributed by atoms with Crippen molar-refractivity contribution in [2.24, 2.45) is 0 Å². The van der Waals surface area contributed by atoms with E-state index in [0.717, 1.165) is 6.20 Å². The molecule has 0 aliphatic heterocycles. The fraction of sp³-hybridized carbons (Fsp3) is 0.333. The van der Waals surface area contributed by atoms with Crippen LogP contribution in [-0.4, -0.2) is 26.2 Å². The predicted molar refractivity (Wildman–Crippen MR) is 78.7 cm³/mol. The quantitative estimate of drug-likeness (QED) is 0.343. The first-order valence-corrected chi connectivity index (χ1v) is 6.92. The van der Waals surface area contributed by atoms with Crippen LogP contribution in [0.4, 0.5) is 32.0 Å². The van der Waals surface area contributed by atoms with Crippen molar-refractivity contribution in [3.8, 4) is 6.07 Å². The largest absolute Gasteiger partial charge is 0.416 e. The van der Waals surface area contributed by atoms with Crippen molar-refractivity contribution in [2.75, 3.05) is 25.6 Å². The van der Waals surface area contributed by atoms with Gasteiger partial charge in [0.2, 0.25) is 0 Å². The van der Waals surface area contributed by atoms with Gasteiger partial charge in [-0.2, -0.15) is 31.6 Å². The van der Waals surface area contributed by atoms with Crippen LogP contribution < -0.4 is 10.6 Å². The average Bonchev–Trinajstić information content (AvgIpc) is 2.53. The molecule has 0 saturated heterocycles. The molecular formula is C15H13F6N3O2. The van der Waals surface area contributed by atoms with Crippen LogP contribution in [0.15, 0.2) is 30.0 Å². The summed E-state index contributed by atoms with van der Waals surface area (Å²) in [6.07, 6.45) is -9.29. The number of amides is 1. The normalized spacial score (nSPS) is 12.5. The van der Waals surface area contributed by atoms with Crippen LogP contribution in [-0.2, 0) is 21.9 Å². The van der Waals surface area contributed by atoms with Gasteiger partial charge in [-0.15, -0.1) is 0 Å². The summed E-state index contributed by atoms with van der Waals surface area (Å²) in [6.45, 7) is 0.219. The highest BCUT2D eigenvalue weighted by molar-refractivity contribution is 5.97. The van der Waals surface area contributed by atoms with Crippen LogP contribution in [0.2, 0.25) is 0 Å². The van der Waals surface area contributed by atoms with Crippen molar-refractivity contribution >= 4 is 11.6 Å². The Balaban J connectivity index is 3.11. The SMILES string of the molecule is COCCNC(=O)/C(C#N)=C\Nc1cc(C(F)(F)F)cc(C(F)(F)F)c1. The van der Waals surface area contributed by atoms with Gasteiger partial charge in [-0.05, 0) is 18.2 Å². The molecule has 0 radical (unpaired) electrons. The lowest BCUT2D eigenvalue weighted by atomic mass is 10.1. The Morgan fingerprint density at radius 3 is 2.12 bits per heavy atom. The molecule has 26 heavy (non-hydrogen) atoms. The minimum Gasteiger partial charge on any atom is -0.383 e. The molecule has 0 unspecified atom stereocenters. The third-order valence-electron chi connectivity index (χ3n) is 2.93. The van der Waals surface area contributed by atoms with Crippen LogP contribution >= 0.6 is 0 Å². The van der Waals surface area contributed by atoms with Crippen molar-refractivity contribution in [3.05, 3.63) is 41.1 Å². The summed E-state index contributed by atoms with van der Waals surface area (Å²) < 4.78 is 81.3. The Labute approximate surface area is 144 Å². The molecule has 5 nitrogen and oxygen atoms in total. The maximum atomic E-state index is 12.8. The Bertz CT molecular complexity index is 687. The standard InChI is InChI=1S/C15H13F6N3O2/c1-26-3-2-23-13(25)9(7-22)8-24-12-5-10(14(16,17)18)4-11(6-12)15(19,20)21/h4-6,8,24H,2-3H2,1H3,(H,23,25)/b9-8-. The molecule has 2 N–H and O–H groups in total. The van der Waals surface area contributed by atoms with Crippen molar-refractivity contribution < 1.29 is 35.9 Å². The van der Waals surface area contributed by atoms with E-state index in [1.54, 1.807) is 0 Å². The van der Waals surface area contributed by atoms with E-state index in [0.29, 0.717) is 12.1 Å². The zero-order valence-corrected chi connectivity index (χ0v) is 13.3. The van der Waals surface area contributed by atoms with Gasteiger partial charge in [0.1, 0.15) is 11.6 Å². The number of carbonyl (C=O) groups excluding carboxylic acids is 1. The number of hydrogen-bond acceptors (Lipinski definition) is 4. The molecule has 1 aromatic carbocycles. The average molecular weight is 381 g/mol. The molecule has 142 valence electrons. The number of nitriles is 1. The molecule has 0 saturated carbocycles. The fourth-order valence-corrected chi connectivity index (χ4v) is 1.70. The molecular weight excluding hydrogens is 368 g/mol. The summed E-state index contributed by atoms with van der Waals surface area (Å²) in [4.78, 5) is 11.7. The number of halogens is 6. The molecule has 0 atom stereocenters. The van der Waals surface area contributed by atoms with E-state index in [9.17, 15) is 31.1 Å². The van der Waals surface area contributed by atoms with E-state index in [4.69, 9.17) is 5.26 Å². The lowest BCUT2D eigenvalue weighted by Gasteiger charge is -2.14. The number of benzene rings is 1. The third kappa shape index (κ3) is 6.29. The summed E-state index contributed by atoms with van der Waals surface area (Å²) >= 11 is 0. The van der Waals surface area contributed by atoms with E-state index >= 15 is 0 Å². The molecule has 0 aliphatic carbocycles. The molecule has 11 heteroatoms. The number of nitrogens with zero attached hydrogens (tertiary/aromatic N) is 1.